The van der Waals surface area contributed by atoms with E-state index in [2.05, 4.69) is 297 Å². The smallest absolute Gasteiger partial charge is 0.229 e. The Morgan fingerprint density at radius 2 is 0.456 bits per heavy atom. The second kappa shape index (κ2) is 30.9. The van der Waals surface area contributed by atoms with Crippen molar-refractivity contribution in [3.63, 3.8) is 0 Å². The summed E-state index contributed by atoms with van der Waals surface area (Å²) in [5, 5.41) is 29.5. The third-order valence-electron chi connectivity index (χ3n) is 26.7. The minimum atomic E-state index is 0.0492. The molecule has 6 fully saturated rings. The fourth-order valence-corrected chi connectivity index (χ4v) is 19.5. The minimum Gasteiger partial charge on any atom is -0.368 e. The summed E-state index contributed by atoms with van der Waals surface area (Å²) in [4.78, 5) is 58.5. The van der Waals surface area contributed by atoms with E-state index in [1.165, 1.54) is 12.8 Å². The molecule has 586 valence electrons. The Balaban J connectivity index is 0.000000360. The molecule has 10 N–H and O–H groups in total. The second-order valence-corrected chi connectivity index (χ2v) is 40.3. The maximum atomic E-state index is 6.07. The number of piperidine rings is 6. The lowest BCUT2D eigenvalue weighted by molar-refractivity contribution is -0.00825. The molecular formula is C79H150N24. The molecule has 24 nitrogen and oxygen atoms in total. The molecule has 0 amide bonds. The summed E-state index contributed by atoms with van der Waals surface area (Å²) in [6.45, 7) is 59.8. The van der Waals surface area contributed by atoms with Crippen LogP contribution in [0.3, 0.4) is 0 Å². The van der Waals surface area contributed by atoms with Crippen molar-refractivity contribution in [3.05, 3.63) is 0 Å². The maximum Gasteiger partial charge on any atom is 0.229 e. The Morgan fingerprint density at radius 1 is 0.282 bits per heavy atom. The minimum absolute atomic E-state index is 0.0492. The van der Waals surface area contributed by atoms with E-state index in [0.717, 1.165) is 116 Å². The summed E-state index contributed by atoms with van der Waals surface area (Å²) in [6, 6.07) is 1.56. The van der Waals surface area contributed by atoms with Gasteiger partial charge < -0.3 is 48.3 Å². The van der Waals surface area contributed by atoms with Gasteiger partial charge in [-0.1, -0.05) is 26.2 Å². The predicted molar refractivity (Wildman–Crippen MR) is 433 cm³/mol. The first-order valence-electron chi connectivity index (χ1n) is 39.7. The highest BCUT2D eigenvalue weighted by atomic mass is 15.4. The third-order valence-corrected chi connectivity index (χ3v) is 26.7. The van der Waals surface area contributed by atoms with Crippen molar-refractivity contribution in [2.75, 3.05) is 104 Å². The maximum absolute atomic E-state index is 6.07. The van der Waals surface area contributed by atoms with Gasteiger partial charge in [-0.3, -0.25) is 29.4 Å². The van der Waals surface area contributed by atoms with Crippen LogP contribution in [0, 0.1) is 5.92 Å². The van der Waals surface area contributed by atoms with Gasteiger partial charge in [-0.2, -0.15) is 44.9 Å². The highest BCUT2D eigenvalue weighted by Gasteiger charge is 2.49. The monoisotopic (exact) mass is 1440 g/mol. The fourth-order valence-electron chi connectivity index (χ4n) is 19.5. The van der Waals surface area contributed by atoms with Crippen LogP contribution in [-0.2, 0) is 0 Å². The topological polar surface area (TPSA) is 258 Å². The standard InChI is InChI=1S/C56H106N16.C23H44N8/c1-22-38(27-25-29-58-44-65-47(61-41-34-53(10,11)71(20)54(12,13)35-41)68-48(66-44)62-42-36-55(14,15)72(21)56(16,17)37-42)26-23-24-28-57-43-63-45(59-39-30-49(2,3)69(18)50(4,5)31-39)67-46(64-43)60-40-32-51(6,7)70(19)52(8,9)33-40;1-20(2)11-15(12-21(3,4)30(20)9)25-18-27-17(24)28-19(29-18)26-16-13-22(5,6)31(10)23(7,8)14-16/h38-42H,22-37H2,1-21H3,(H3,57,59,60,63,64,67)(H3,58,61,62,65,66,68);15-16H,11-14H2,1-10H3,(H4,24,25,26,27,28,29). The van der Waals surface area contributed by atoms with Crippen molar-refractivity contribution in [2.45, 2.75) is 391 Å². The number of nitrogens with one attached hydrogen (secondary N) is 8. The molecule has 3 aromatic heterocycles. The number of rotatable bonds is 24. The lowest BCUT2D eigenvalue weighted by atomic mass is 9.77. The number of nitrogens with zero attached hydrogens (tertiary/aromatic N) is 15. The summed E-state index contributed by atoms with van der Waals surface area (Å²) in [5.41, 5.74) is 6.81. The predicted octanol–water partition coefficient (Wildman–Crippen LogP) is 14.4. The van der Waals surface area contributed by atoms with Gasteiger partial charge >= 0.3 is 0 Å². The second-order valence-electron chi connectivity index (χ2n) is 40.3. The van der Waals surface area contributed by atoms with Gasteiger partial charge in [0.2, 0.25) is 53.5 Å². The zero-order valence-electron chi connectivity index (χ0n) is 71.0. The van der Waals surface area contributed by atoms with E-state index in [1.807, 2.05) is 0 Å². The van der Waals surface area contributed by atoms with Crippen LogP contribution in [-0.4, -0.2) is 232 Å². The van der Waals surface area contributed by atoms with Gasteiger partial charge in [0.1, 0.15) is 0 Å². The number of hydrogen-bond donors (Lipinski definition) is 9. The molecule has 3 aromatic rings. The SMILES string of the molecule is CCC(CCCCNc1nc(NC2CC(C)(C)N(C)C(C)(C)C2)nc(NC2CC(C)(C)N(C)C(C)(C)C2)n1)CCCNc1nc(NC2CC(C)(C)N(C)C(C)(C)C2)nc(NC2CC(C)(C)N(C)C(C)(C)C2)n1.CN1C(C)(C)CC(Nc2nc(N)nc(NC3CC(C)(C)N(C)C(C)(C)C3)n2)CC1(C)C. The molecule has 0 bridgehead atoms. The zero-order chi connectivity index (χ0) is 76.9. The number of nitrogens with two attached hydrogens (primary N) is 1. The van der Waals surface area contributed by atoms with E-state index in [0.29, 0.717) is 53.5 Å². The quantitative estimate of drug-likeness (QED) is 0.0378. The zero-order valence-corrected chi connectivity index (χ0v) is 71.0. The third kappa shape index (κ3) is 21.0. The van der Waals surface area contributed by atoms with Crippen LogP contribution in [0.15, 0.2) is 0 Å². The van der Waals surface area contributed by atoms with Crippen LogP contribution < -0.4 is 48.3 Å². The molecule has 9 heterocycles. The number of likely N-dealkylation sites (tertiary alicyclic amines) is 6. The molecule has 6 aliphatic heterocycles. The Labute approximate surface area is 625 Å². The molecule has 0 aromatic carbocycles. The molecule has 24 heteroatoms. The molecule has 103 heavy (non-hydrogen) atoms. The summed E-state index contributed by atoms with van der Waals surface area (Å²) in [5.74, 6) is 5.89. The van der Waals surface area contributed by atoms with Crippen molar-refractivity contribution < 1.29 is 0 Å². The van der Waals surface area contributed by atoms with E-state index in [4.69, 9.17) is 40.6 Å². The molecule has 9 rings (SSSR count). The number of nitrogen functional groups attached to an aromatic ring is 1. The summed E-state index contributed by atoms with van der Waals surface area (Å²) in [7, 11) is 13.4. The van der Waals surface area contributed by atoms with Crippen molar-refractivity contribution in [1.82, 2.24) is 74.3 Å². The van der Waals surface area contributed by atoms with E-state index in [-0.39, 0.29) is 109 Å². The fraction of sp³-hybridized carbons (Fsp3) is 0.886. The molecule has 0 spiro atoms. The van der Waals surface area contributed by atoms with E-state index in [9.17, 15) is 0 Å². The average molecular weight is 1440 g/mol. The Hall–Kier alpha value is -5.01. The Morgan fingerprint density at radius 3 is 0.660 bits per heavy atom. The van der Waals surface area contributed by atoms with Gasteiger partial charge in [-0.25, -0.2) is 0 Å². The van der Waals surface area contributed by atoms with Crippen LogP contribution in [0.4, 0.5) is 53.5 Å². The molecule has 0 aliphatic carbocycles. The molecule has 0 radical (unpaired) electrons. The average Bonchev–Trinajstić information content (AvgIpc) is 0.803. The van der Waals surface area contributed by atoms with E-state index >= 15 is 0 Å². The van der Waals surface area contributed by atoms with E-state index in [1.54, 1.807) is 0 Å². The van der Waals surface area contributed by atoms with Gasteiger partial charge in [0.05, 0.1) is 0 Å². The Bertz CT molecular complexity index is 2980. The van der Waals surface area contributed by atoms with Gasteiger partial charge in [-0.05, 0) is 311 Å². The number of hydrogen-bond acceptors (Lipinski definition) is 24. The van der Waals surface area contributed by atoms with Crippen LogP contribution in [0.25, 0.3) is 0 Å². The highest BCUT2D eigenvalue weighted by Crippen LogP contribution is 2.44. The van der Waals surface area contributed by atoms with Crippen molar-refractivity contribution >= 4 is 53.5 Å². The first-order chi connectivity index (χ1) is 47.1. The van der Waals surface area contributed by atoms with Crippen LogP contribution in [0.1, 0.15) is 289 Å². The van der Waals surface area contributed by atoms with E-state index < -0.39 is 0 Å². The Kier molecular flexibility index (Phi) is 25.1. The molecule has 0 saturated carbocycles. The first kappa shape index (κ1) is 83.6. The number of unbranched alkanes of at least 4 members (excludes halogenated alkanes) is 1. The molecule has 1 unspecified atom stereocenters. The van der Waals surface area contributed by atoms with Gasteiger partial charge in [0.15, 0.2) is 0 Å². The molecule has 6 aliphatic rings. The largest absolute Gasteiger partial charge is 0.368 e. The van der Waals surface area contributed by atoms with Crippen LogP contribution in [0.5, 0.6) is 0 Å². The molecule has 6 saturated heterocycles. The number of aromatic nitrogens is 9. The summed E-state index contributed by atoms with van der Waals surface area (Å²) < 4.78 is 0. The van der Waals surface area contributed by atoms with Gasteiger partial charge in [-0.15, -0.1) is 0 Å². The van der Waals surface area contributed by atoms with Crippen LogP contribution in [0.2, 0.25) is 0 Å². The lowest BCUT2D eigenvalue weighted by Crippen LogP contribution is -2.61. The first-order valence-corrected chi connectivity index (χ1v) is 39.7. The summed E-state index contributed by atoms with van der Waals surface area (Å²) >= 11 is 0. The van der Waals surface area contributed by atoms with Crippen molar-refractivity contribution in [1.29, 1.82) is 0 Å². The van der Waals surface area contributed by atoms with Crippen molar-refractivity contribution in [2.24, 2.45) is 5.92 Å². The highest BCUT2D eigenvalue weighted by molar-refractivity contribution is 5.46. The normalized spacial score (nSPS) is 25.5. The molecule has 1 atom stereocenters. The van der Waals surface area contributed by atoms with Crippen LogP contribution >= 0.6 is 0 Å². The van der Waals surface area contributed by atoms with Gasteiger partial charge in [0.25, 0.3) is 0 Å². The molecular weight excluding hydrogens is 1290 g/mol. The number of anilines is 9. The lowest BCUT2D eigenvalue weighted by Gasteiger charge is -2.54. The van der Waals surface area contributed by atoms with Gasteiger partial charge in [0, 0.05) is 116 Å². The summed E-state index contributed by atoms with van der Waals surface area (Å²) in [6.07, 6.45) is 18.9. The van der Waals surface area contributed by atoms with Crippen molar-refractivity contribution in [3.8, 4) is 0 Å².